The number of fused-ring (bicyclic) bond motifs is 2. The van der Waals surface area contributed by atoms with Crippen molar-refractivity contribution >= 4 is 11.6 Å². The zero-order valence-electron chi connectivity index (χ0n) is 12.0. The zero-order chi connectivity index (χ0) is 16.1. The summed E-state index contributed by atoms with van der Waals surface area (Å²) in [5, 5.41) is 9.88. The lowest BCUT2D eigenvalue weighted by atomic mass is 9.83. The first kappa shape index (κ1) is 13.5. The van der Waals surface area contributed by atoms with Gasteiger partial charge in [-0.15, -0.1) is 0 Å². The van der Waals surface area contributed by atoms with Crippen LogP contribution < -0.4 is 16.6 Å². The van der Waals surface area contributed by atoms with Crippen LogP contribution in [0, 0.1) is 12.7 Å². The average molecular weight is 313 g/mol. The minimum absolute atomic E-state index is 0.228. The minimum atomic E-state index is -0.665. The van der Waals surface area contributed by atoms with Gasteiger partial charge in [0.05, 0.1) is 11.5 Å². The second kappa shape index (κ2) is 4.67. The number of aromatic amines is 3. The Balaban J connectivity index is 2.09. The number of nitrogens with zero attached hydrogens (tertiary/aromatic N) is 1. The van der Waals surface area contributed by atoms with Crippen LogP contribution in [-0.4, -0.2) is 20.2 Å². The number of halogens is 1. The molecule has 116 valence electrons. The standard InChI is InChI=1S/C15H12FN5O2/c1-6-9-10(7-4-2-3-5-8(7)16)11-12(17-13(9)21-20-6)18-15(23)19-14(11)22/h2-5,10H,1H3,(H4,17,18,19,20,21,22,23)/t10-/m1/s1. The molecule has 3 aromatic rings. The number of hydrogen-bond donors (Lipinski definition) is 4. The average Bonchev–Trinajstić information content (AvgIpc) is 2.87. The van der Waals surface area contributed by atoms with Crippen LogP contribution in [0.5, 0.6) is 0 Å². The van der Waals surface area contributed by atoms with Crippen molar-refractivity contribution in [1.82, 2.24) is 20.2 Å². The van der Waals surface area contributed by atoms with Crippen LogP contribution in [0.4, 0.5) is 16.0 Å². The first-order valence-electron chi connectivity index (χ1n) is 6.99. The van der Waals surface area contributed by atoms with Crippen molar-refractivity contribution < 1.29 is 4.39 Å². The van der Waals surface area contributed by atoms with Crippen LogP contribution in [0.3, 0.4) is 0 Å². The molecule has 0 spiro atoms. The number of anilines is 2. The number of benzene rings is 1. The fourth-order valence-corrected chi connectivity index (χ4v) is 3.04. The number of rotatable bonds is 1. The van der Waals surface area contributed by atoms with Crippen molar-refractivity contribution in [2.75, 3.05) is 5.32 Å². The molecule has 0 bridgehead atoms. The fraction of sp³-hybridized carbons (Fsp3) is 0.133. The summed E-state index contributed by atoms with van der Waals surface area (Å²) in [5.41, 5.74) is 0.808. The topological polar surface area (TPSA) is 106 Å². The normalized spacial score (nSPS) is 15.7. The van der Waals surface area contributed by atoms with E-state index in [0.717, 1.165) is 5.69 Å². The van der Waals surface area contributed by atoms with Crippen molar-refractivity contribution in [3.8, 4) is 0 Å². The summed E-state index contributed by atoms with van der Waals surface area (Å²) in [5.74, 6) is -0.403. The Morgan fingerprint density at radius 3 is 2.70 bits per heavy atom. The second-order valence-electron chi connectivity index (χ2n) is 5.39. The smallest absolute Gasteiger partial charge is 0.324 e. The second-order valence-corrected chi connectivity index (χ2v) is 5.39. The molecular weight excluding hydrogens is 301 g/mol. The molecule has 0 fully saturated rings. The van der Waals surface area contributed by atoms with Crippen LogP contribution in [-0.2, 0) is 0 Å². The van der Waals surface area contributed by atoms with Crippen LogP contribution >= 0.6 is 0 Å². The number of hydrogen-bond acceptors (Lipinski definition) is 4. The first-order valence-corrected chi connectivity index (χ1v) is 6.99. The van der Waals surface area contributed by atoms with Gasteiger partial charge in [0.1, 0.15) is 11.6 Å². The molecule has 4 rings (SSSR count). The van der Waals surface area contributed by atoms with E-state index in [1.54, 1.807) is 25.1 Å². The Kier molecular flexibility index (Phi) is 2.74. The van der Waals surface area contributed by atoms with E-state index in [2.05, 4.69) is 25.5 Å². The quantitative estimate of drug-likeness (QED) is 0.427. The van der Waals surface area contributed by atoms with Crippen LogP contribution in [0.2, 0.25) is 0 Å². The molecule has 0 saturated heterocycles. The van der Waals surface area contributed by atoms with E-state index in [9.17, 15) is 14.0 Å². The number of aryl methyl sites for hydroxylation is 1. The van der Waals surface area contributed by atoms with E-state index < -0.39 is 23.0 Å². The van der Waals surface area contributed by atoms with E-state index >= 15 is 0 Å². The van der Waals surface area contributed by atoms with Gasteiger partial charge in [0.2, 0.25) is 0 Å². The molecule has 8 heteroatoms. The van der Waals surface area contributed by atoms with Gasteiger partial charge in [0, 0.05) is 16.8 Å². The Labute approximate surface area is 128 Å². The lowest BCUT2D eigenvalue weighted by molar-refractivity contribution is 0.605. The highest BCUT2D eigenvalue weighted by Crippen LogP contribution is 2.43. The van der Waals surface area contributed by atoms with Crippen LogP contribution in [0.1, 0.15) is 28.3 Å². The lowest BCUT2D eigenvalue weighted by Crippen LogP contribution is -2.32. The van der Waals surface area contributed by atoms with Crippen LogP contribution in [0.15, 0.2) is 33.9 Å². The molecule has 0 saturated carbocycles. The van der Waals surface area contributed by atoms with Gasteiger partial charge in [-0.1, -0.05) is 18.2 Å². The maximum absolute atomic E-state index is 14.4. The number of aromatic nitrogens is 4. The monoisotopic (exact) mass is 313 g/mol. The number of nitrogens with one attached hydrogen (secondary N) is 4. The van der Waals surface area contributed by atoms with Gasteiger partial charge in [-0.05, 0) is 13.0 Å². The lowest BCUT2D eigenvalue weighted by Gasteiger charge is -2.25. The number of H-pyrrole nitrogens is 3. The van der Waals surface area contributed by atoms with Crippen LogP contribution in [0.25, 0.3) is 0 Å². The van der Waals surface area contributed by atoms with E-state index in [4.69, 9.17) is 0 Å². The predicted octanol–water partition coefficient (Wildman–Crippen LogP) is 1.47. The van der Waals surface area contributed by atoms with Gasteiger partial charge in [-0.25, -0.2) is 9.18 Å². The van der Waals surface area contributed by atoms with Gasteiger partial charge in [-0.2, -0.15) is 5.10 Å². The van der Waals surface area contributed by atoms with E-state index in [0.29, 0.717) is 16.9 Å². The summed E-state index contributed by atoms with van der Waals surface area (Å²) in [6.45, 7) is 1.80. The molecule has 0 aliphatic carbocycles. The Morgan fingerprint density at radius 1 is 1.13 bits per heavy atom. The van der Waals surface area contributed by atoms with Gasteiger partial charge >= 0.3 is 5.69 Å². The van der Waals surface area contributed by atoms with Gasteiger partial charge in [0.15, 0.2) is 5.82 Å². The summed E-state index contributed by atoms with van der Waals surface area (Å²) in [6, 6.07) is 6.25. The van der Waals surface area contributed by atoms with Crippen molar-refractivity contribution in [2.24, 2.45) is 0 Å². The fourth-order valence-electron chi connectivity index (χ4n) is 3.04. The molecule has 1 aromatic carbocycles. The summed E-state index contributed by atoms with van der Waals surface area (Å²) in [6.07, 6.45) is 0. The van der Waals surface area contributed by atoms with Crippen molar-refractivity contribution in [1.29, 1.82) is 0 Å². The highest BCUT2D eigenvalue weighted by atomic mass is 19.1. The first-order chi connectivity index (χ1) is 11.1. The molecule has 4 N–H and O–H groups in total. The predicted molar refractivity (Wildman–Crippen MR) is 81.6 cm³/mol. The molecule has 7 nitrogen and oxygen atoms in total. The Morgan fingerprint density at radius 2 is 1.91 bits per heavy atom. The largest absolute Gasteiger partial charge is 0.327 e. The Hall–Kier alpha value is -3.16. The molecule has 23 heavy (non-hydrogen) atoms. The van der Waals surface area contributed by atoms with E-state index in [1.807, 2.05) is 0 Å². The maximum atomic E-state index is 14.4. The van der Waals surface area contributed by atoms with Gasteiger partial charge < -0.3 is 5.32 Å². The highest BCUT2D eigenvalue weighted by molar-refractivity contribution is 5.71. The molecule has 0 radical (unpaired) electrons. The summed E-state index contributed by atoms with van der Waals surface area (Å²) in [7, 11) is 0. The Bertz CT molecular complexity index is 1030. The van der Waals surface area contributed by atoms with Gasteiger partial charge in [-0.3, -0.25) is 19.9 Å². The van der Waals surface area contributed by atoms with Crippen molar-refractivity contribution in [3.05, 3.63) is 73.3 Å². The zero-order valence-corrected chi connectivity index (χ0v) is 12.0. The van der Waals surface area contributed by atoms with E-state index in [-0.39, 0.29) is 11.4 Å². The SMILES string of the molecule is Cc1[nH]nc2c1[C@@H](c1ccccc1F)c1c([nH]c(=O)[nH]c1=O)N2. The molecule has 1 aliphatic rings. The molecule has 3 heterocycles. The molecule has 1 aliphatic heterocycles. The molecule has 0 amide bonds. The molecule has 0 unspecified atom stereocenters. The van der Waals surface area contributed by atoms with Crippen molar-refractivity contribution in [2.45, 2.75) is 12.8 Å². The minimum Gasteiger partial charge on any atom is -0.324 e. The molecule has 2 aromatic heterocycles. The summed E-state index contributed by atoms with van der Waals surface area (Å²) < 4.78 is 14.4. The van der Waals surface area contributed by atoms with Crippen molar-refractivity contribution in [3.63, 3.8) is 0 Å². The van der Waals surface area contributed by atoms with Gasteiger partial charge in [0.25, 0.3) is 5.56 Å². The maximum Gasteiger partial charge on any atom is 0.327 e. The third-order valence-corrected chi connectivity index (χ3v) is 4.01. The molecule has 1 atom stereocenters. The summed E-state index contributed by atoms with van der Waals surface area (Å²) in [4.78, 5) is 28.6. The third-order valence-electron chi connectivity index (χ3n) is 4.01. The van der Waals surface area contributed by atoms with E-state index in [1.165, 1.54) is 6.07 Å². The summed E-state index contributed by atoms with van der Waals surface area (Å²) >= 11 is 0. The highest BCUT2D eigenvalue weighted by Gasteiger charge is 2.35. The third kappa shape index (κ3) is 1.91. The molecular formula is C15H12FN5O2.